The maximum absolute atomic E-state index is 10.7. The summed E-state index contributed by atoms with van der Waals surface area (Å²) in [5.41, 5.74) is 1.46. The molecular formula is C24H38O4. The minimum Gasteiger partial charge on any atom is -0.493 e. The summed E-state index contributed by atoms with van der Waals surface area (Å²) in [6, 6.07) is 14.3. The van der Waals surface area contributed by atoms with Crippen LogP contribution in [0.3, 0.4) is 0 Å². The number of carboxylic acids is 1. The first kappa shape index (κ1) is 27.7. The van der Waals surface area contributed by atoms with Crippen LogP contribution in [0, 0.1) is 6.92 Å². The van der Waals surface area contributed by atoms with Crippen molar-refractivity contribution in [3.8, 4) is 11.5 Å². The fourth-order valence-corrected chi connectivity index (χ4v) is 1.77. The van der Waals surface area contributed by atoms with Gasteiger partial charge in [-0.05, 0) is 43.3 Å². The summed E-state index contributed by atoms with van der Waals surface area (Å²) >= 11 is 0. The predicted octanol–water partition coefficient (Wildman–Crippen LogP) is 7.01. The number of rotatable bonds is 7. The van der Waals surface area contributed by atoms with Gasteiger partial charge in [-0.25, -0.2) is 4.79 Å². The van der Waals surface area contributed by atoms with Crippen molar-refractivity contribution in [3.63, 3.8) is 0 Å². The highest BCUT2D eigenvalue weighted by molar-refractivity contribution is 5.87. The summed E-state index contributed by atoms with van der Waals surface area (Å²) in [5.74, 6) is 0.579. The van der Waals surface area contributed by atoms with Gasteiger partial charge in [-0.2, -0.15) is 0 Å². The highest BCUT2D eigenvalue weighted by Crippen LogP contribution is 2.13. The van der Waals surface area contributed by atoms with E-state index in [0.29, 0.717) is 19.0 Å². The number of hydrogen-bond acceptors (Lipinski definition) is 3. The molecular weight excluding hydrogens is 352 g/mol. The Morgan fingerprint density at radius 3 is 1.50 bits per heavy atom. The van der Waals surface area contributed by atoms with E-state index in [4.69, 9.17) is 14.6 Å². The molecule has 28 heavy (non-hydrogen) atoms. The van der Waals surface area contributed by atoms with Gasteiger partial charge < -0.3 is 14.6 Å². The van der Waals surface area contributed by atoms with Gasteiger partial charge in [0.15, 0.2) is 0 Å². The zero-order valence-corrected chi connectivity index (χ0v) is 18.6. The molecule has 0 aliphatic carbocycles. The van der Waals surface area contributed by atoms with E-state index in [2.05, 4.69) is 13.8 Å². The largest absolute Gasteiger partial charge is 0.493 e. The molecule has 0 spiro atoms. The molecule has 2 aromatic rings. The van der Waals surface area contributed by atoms with Crippen LogP contribution in [0.25, 0.3) is 0 Å². The summed E-state index contributed by atoms with van der Waals surface area (Å²) in [5, 5.41) is 8.79. The summed E-state index contributed by atoms with van der Waals surface area (Å²) in [4.78, 5) is 10.7. The number of carboxylic acid groups (broad SMARTS) is 1. The zero-order valence-electron chi connectivity index (χ0n) is 18.6. The van der Waals surface area contributed by atoms with E-state index in [1.165, 1.54) is 24.1 Å². The maximum atomic E-state index is 10.7. The van der Waals surface area contributed by atoms with Crippen molar-refractivity contribution < 1.29 is 19.4 Å². The highest BCUT2D eigenvalue weighted by Gasteiger charge is 2.02. The Bertz CT molecular complexity index is 589. The topological polar surface area (TPSA) is 55.8 Å². The minimum absolute atomic E-state index is 0.255. The second-order valence-electron chi connectivity index (χ2n) is 5.40. The average Bonchev–Trinajstić information content (AvgIpc) is 2.73. The number of aromatic carboxylic acids is 1. The van der Waals surface area contributed by atoms with Crippen molar-refractivity contribution in [1.29, 1.82) is 0 Å². The van der Waals surface area contributed by atoms with Gasteiger partial charge in [0.1, 0.15) is 11.5 Å². The molecule has 0 amide bonds. The highest BCUT2D eigenvalue weighted by atomic mass is 16.5. The monoisotopic (exact) mass is 390 g/mol. The SMILES string of the molecule is CC.CC.CCC.Cc1ccc(OCCCOc2ccc(C(=O)O)cc2)cc1. The molecule has 4 heteroatoms. The summed E-state index contributed by atoms with van der Waals surface area (Å²) in [6.45, 7) is 15.4. The molecule has 0 atom stereocenters. The van der Waals surface area contributed by atoms with Crippen LogP contribution in [0.5, 0.6) is 11.5 Å². The van der Waals surface area contributed by atoms with Gasteiger partial charge in [-0.3, -0.25) is 0 Å². The first-order valence-corrected chi connectivity index (χ1v) is 10.2. The maximum Gasteiger partial charge on any atom is 0.335 e. The van der Waals surface area contributed by atoms with E-state index in [1.807, 2.05) is 58.9 Å². The Labute approximate surface area is 171 Å². The summed E-state index contributed by atoms with van der Waals surface area (Å²) < 4.78 is 11.1. The number of ether oxygens (including phenoxy) is 2. The Balaban J connectivity index is 0. The average molecular weight is 391 g/mol. The van der Waals surface area contributed by atoms with Crippen LogP contribution < -0.4 is 9.47 Å². The van der Waals surface area contributed by atoms with Crippen LogP contribution in [0.2, 0.25) is 0 Å². The molecule has 0 aromatic heterocycles. The van der Waals surface area contributed by atoms with Crippen LogP contribution >= 0.6 is 0 Å². The lowest BCUT2D eigenvalue weighted by Gasteiger charge is -2.08. The first-order chi connectivity index (χ1) is 13.6. The summed E-state index contributed by atoms with van der Waals surface area (Å²) in [7, 11) is 0. The third-order valence-corrected chi connectivity index (χ3v) is 2.95. The number of hydrogen-bond donors (Lipinski definition) is 1. The van der Waals surface area contributed by atoms with Crippen molar-refractivity contribution in [3.05, 3.63) is 59.7 Å². The molecule has 2 aromatic carbocycles. The second kappa shape index (κ2) is 19.3. The summed E-state index contributed by atoms with van der Waals surface area (Å²) in [6.07, 6.45) is 2.01. The molecule has 0 aliphatic heterocycles. The standard InChI is InChI=1S/C17H18O4.C3H8.2C2H6/c1-13-3-7-15(8-4-13)20-11-2-12-21-16-9-5-14(6-10-16)17(18)19;1-3-2;2*1-2/h3-10H,2,11-12H2,1H3,(H,18,19);3H2,1-2H3;2*1-2H3. The van der Waals surface area contributed by atoms with E-state index in [0.717, 1.165) is 12.2 Å². The van der Waals surface area contributed by atoms with E-state index >= 15 is 0 Å². The molecule has 158 valence electrons. The third-order valence-electron chi connectivity index (χ3n) is 2.95. The first-order valence-electron chi connectivity index (χ1n) is 10.2. The third kappa shape index (κ3) is 13.7. The van der Waals surface area contributed by atoms with Crippen molar-refractivity contribution in [1.82, 2.24) is 0 Å². The Kier molecular flexibility index (Phi) is 19.1. The lowest BCUT2D eigenvalue weighted by atomic mass is 10.2. The van der Waals surface area contributed by atoms with Gasteiger partial charge in [0.25, 0.3) is 0 Å². The smallest absolute Gasteiger partial charge is 0.335 e. The van der Waals surface area contributed by atoms with Crippen molar-refractivity contribution >= 4 is 5.97 Å². The van der Waals surface area contributed by atoms with Crippen LogP contribution in [-0.2, 0) is 0 Å². The van der Waals surface area contributed by atoms with E-state index in [1.54, 1.807) is 12.1 Å². The Hall–Kier alpha value is -2.49. The zero-order chi connectivity index (χ0) is 21.8. The number of carbonyl (C=O) groups is 1. The van der Waals surface area contributed by atoms with Crippen molar-refractivity contribution in [2.75, 3.05) is 13.2 Å². The fraction of sp³-hybridized carbons (Fsp3) is 0.458. The molecule has 0 unspecified atom stereocenters. The Morgan fingerprint density at radius 1 is 0.786 bits per heavy atom. The van der Waals surface area contributed by atoms with Gasteiger partial charge in [-0.1, -0.05) is 65.7 Å². The number of benzene rings is 2. The minimum atomic E-state index is -0.937. The van der Waals surface area contributed by atoms with Crippen LogP contribution in [0.4, 0.5) is 0 Å². The molecule has 0 radical (unpaired) electrons. The lowest BCUT2D eigenvalue weighted by Crippen LogP contribution is -2.05. The van der Waals surface area contributed by atoms with Gasteiger partial charge in [-0.15, -0.1) is 0 Å². The second-order valence-corrected chi connectivity index (χ2v) is 5.40. The van der Waals surface area contributed by atoms with Gasteiger partial charge in [0.05, 0.1) is 18.8 Å². The van der Waals surface area contributed by atoms with Crippen molar-refractivity contribution in [2.45, 2.75) is 61.3 Å². The van der Waals surface area contributed by atoms with Gasteiger partial charge >= 0.3 is 5.97 Å². The lowest BCUT2D eigenvalue weighted by molar-refractivity contribution is 0.0697. The molecule has 0 heterocycles. The van der Waals surface area contributed by atoms with Crippen molar-refractivity contribution in [2.24, 2.45) is 0 Å². The van der Waals surface area contributed by atoms with Crippen LogP contribution in [0.15, 0.2) is 48.5 Å². The van der Waals surface area contributed by atoms with Gasteiger partial charge in [0, 0.05) is 6.42 Å². The van der Waals surface area contributed by atoms with Crippen LogP contribution in [0.1, 0.15) is 70.3 Å². The molecule has 1 N–H and O–H groups in total. The molecule has 0 bridgehead atoms. The van der Waals surface area contributed by atoms with E-state index in [9.17, 15) is 4.79 Å². The van der Waals surface area contributed by atoms with E-state index in [-0.39, 0.29) is 5.56 Å². The Morgan fingerprint density at radius 2 is 1.14 bits per heavy atom. The predicted molar refractivity (Wildman–Crippen MR) is 119 cm³/mol. The molecule has 2 rings (SSSR count). The molecule has 4 nitrogen and oxygen atoms in total. The molecule has 0 saturated carbocycles. The molecule has 0 saturated heterocycles. The van der Waals surface area contributed by atoms with Gasteiger partial charge in [0.2, 0.25) is 0 Å². The van der Waals surface area contributed by atoms with Crippen LogP contribution in [-0.4, -0.2) is 24.3 Å². The van der Waals surface area contributed by atoms with E-state index < -0.39 is 5.97 Å². The number of aryl methyl sites for hydroxylation is 1. The quantitative estimate of drug-likeness (QED) is 0.517. The fourth-order valence-electron chi connectivity index (χ4n) is 1.77. The molecule has 0 aliphatic rings. The normalized spacial score (nSPS) is 8.68. The molecule has 0 fully saturated rings.